The van der Waals surface area contributed by atoms with Crippen molar-refractivity contribution in [3.63, 3.8) is 0 Å². The Hall–Kier alpha value is -1.42. The Bertz CT molecular complexity index is 238. The average molecular weight is 210 g/mol. The van der Waals surface area contributed by atoms with Gasteiger partial charge in [-0.1, -0.05) is 26.3 Å². The second kappa shape index (κ2) is 7.94. The summed E-state index contributed by atoms with van der Waals surface area (Å²) in [5.41, 5.74) is 5.27. The summed E-state index contributed by atoms with van der Waals surface area (Å²) in [4.78, 5) is 14.0. The van der Waals surface area contributed by atoms with Crippen molar-refractivity contribution in [1.82, 2.24) is 4.98 Å². The molecule has 0 aliphatic heterocycles. The first-order chi connectivity index (χ1) is 7.09. The van der Waals surface area contributed by atoms with Crippen molar-refractivity contribution in [2.24, 2.45) is 11.7 Å². The van der Waals surface area contributed by atoms with Crippen LogP contribution in [0, 0.1) is 5.92 Å². The van der Waals surface area contributed by atoms with Gasteiger partial charge in [-0.2, -0.15) is 0 Å². The van der Waals surface area contributed by atoms with Crippen molar-refractivity contribution in [2.45, 2.75) is 26.3 Å². The van der Waals surface area contributed by atoms with E-state index in [0.717, 1.165) is 6.42 Å². The third-order valence-electron chi connectivity index (χ3n) is 2.11. The molecule has 0 aliphatic carbocycles. The molecule has 0 amide bonds. The Morgan fingerprint density at radius 3 is 2.07 bits per heavy atom. The summed E-state index contributed by atoms with van der Waals surface area (Å²) < 4.78 is 0. The molecule has 84 valence electrons. The number of hydrogen-bond donors (Lipinski definition) is 2. The van der Waals surface area contributed by atoms with Gasteiger partial charge in [0, 0.05) is 12.4 Å². The molecule has 0 aliphatic rings. The first kappa shape index (κ1) is 13.6. The van der Waals surface area contributed by atoms with Crippen molar-refractivity contribution in [2.75, 3.05) is 0 Å². The van der Waals surface area contributed by atoms with Crippen LogP contribution in [0.1, 0.15) is 20.3 Å². The van der Waals surface area contributed by atoms with Crippen LogP contribution in [0.4, 0.5) is 0 Å². The second-order valence-electron chi connectivity index (χ2n) is 3.27. The Morgan fingerprint density at radius 1 is 1.40 bits per heavy atom. The average Bonchev–Trinajstić information content (AvgIpc) is 2.30. The number of rotatable bonds is 3. The van der Waals surface area contributed by atoms with Gasteiger partial charge in [-0.3, -0.25) is 9.78 Å². The fourth-order valence-electron chi connectivity index (χ4n) is 0.810. The Balaban J connectivity index is 0.000000280. The molecule has 1 aromatic rings. The molecule has 0 aromatic carbocycles. The molecule has 4 heteroatoms. The minimum Gasteiger partial charge on any atom is -0.480 e. The zero-order chi connectivity index (χ0) is 11.7. The minimum absolute atomic E-state index is 0.0718. The Labute approximate surface area is 90.1 Å². The molecule has 0 bridgehead atoms. The molecule has 0 unspecified atom stereocenters. The van der Waals surface area contributed by atoms with Crippen molar-refractivity contribution in [3.05, 3.63) is 30.6 Å². The highest BCUT2D eigenvalue weighted by molar-refractivity contribution is 5.73. The van der Waals surface area contributed by atoms with Crippen LogP contribution in [0.5, 0.6) is 0 Å². The van der Waals surface area contributed by atoms with Crippen LogP contribution in [0.2, 0.25) is 0 Å². The Kier molecular flexibility index (Phi) is 7.18. The first-order valence-electron chi connectivity index (χ1n) is 4.93. The summed E-state index contributed by atoms with van der Waals surface area (Å²) in [6.45, 7) is 3.76. The molecule has 1 rings (SSSR count). The minimum atomic E-state index is -0.913. The third-order valence-corrected chi connectivity index (χ3v) is 2.11. The topological polar surface area (TPSA) is 76.2 Å². The third kappa shape index (κ3) is 6.62. The number of carbonyl (C=O) groups is 1. The number of carboxylic acid groups (broad SMARTS) is 1. The van der Waals surface area contributed by atoms with E-state index in [4.69, 9.17) is 10.8 Å². The molecule has 3 N–H and O–H groups in total. The lowest BCUT2D eigenvalue weighted by atomic mass is 10.0. The van der Waals surface area contributed by atoms with E-state index in [1.165, 1.54) is 0 Å². The van der Waals surface area contributed by atoms with E-state index in [0.29, 0.717) is 0 Å². The quantitative estimate of drug-likeness (QED) is 0.793. The maximum atomic E-state index is 10.2. The number of hydrogen-bond acceptors (Lipinski definition) is 3. The number of nitrogens with two attached hydrogens (primary N) is 1. The van der Waals surface area contributed by atoms with Crippen LogP contribution in [0.25, 0.3) is 0 Å². The summed E-state index contributed by atoms with van der Waals surface area (Å²) in [6.07, 6.45) is 4.31. The van der Waals surface area contributed by atoms with Crippen LogP contribution < -0.4 is 5.73 Å². The van der Waals surface area contributed by atoms with E-state index in [9.17, 15) is 4.79 Å². The highest BCUT2D eigenvalue weighted by atomic mass is 16.4. The molecule has 0 spiro atoms. The largest absolute Gasteiger partial charge is 0.480 e. The maximum Gasteiger partial charge on any atom is 0.320 e. The molecule has 0 saturated carbocycles. The molecule has 0 fully saturated rings. The van der Waals surface area contributed by atoms with Gasteiger partial charge in [-0.25, -0.2) is 0 Å². The van der Waals surface area contributed by atoms with Gasteiger partial charge in [0.15, 0.2) is 0 Å². The molecular formula is C11H18N2O2. The molecule has 0 radical (unpaired) electrons. The normalized spacial score (nSPS) is 13.3. The molecule has 2 atom stereocenters. The maximum absolute atomic E-state index is 10.2. The predicted octanol–water partition coefficient (Wildman–Crippen LogP) is 1.53. The van der Waals surface area contributed by atoms with E-state index >= 15 is 0 Å². The predicted molar refractivity (Wildman–Crippen MR) is 59.3 cm³/mol. The van der Waals surface area contributed by atoms with Crippen molar-refractivity contribution >= 4 is 5.97 Å². The molecule has 1 aromatic heterocycles. The lowest BCUT2D eigenvalue weighted by Gasteiger charge is -2.11. The van der Waals surface area contributed by atoms with Gasteiger partial charge in [0.1, 0.15) is 6.04 Å². The second-order valence-corrected chi connectivity index (χ2v) is 3.27. The van der Waals surface area contributed by atoms with Gasteiger partial charge in [0.05, 0.1) is 0 Å². The molecule has 15 heavy (non-hydrogen) atoms. The van der Waals surface area contributed by atoms with Crippen LogP contribution >= 0.6 is 0 Å². The van der Waals surface area contributed by atoms with E-state index in [2.05, 4.69) is 4.98 Å². The summed E-state index contributed by atoms with van der Waals surface area (Å²) in [7, 11) is 0. The highest BCUT2D eigenvalue weighted by Gasteiger charge is 2.17. The van der Waals surface area contributed by atoms with Gasteiger partial charge in [-0.15, -0.1) is 0 Å². The van der Waals surface area contributed by atoms with Crippen molar-refractivity contribution in [1.29, 1.82) is 0 Å². The molecule has 4 nitrogen and oxygen atoms in total. The first-order valence-corrected chi connectivity index (χ1v) is 4.93. The monoisotopic (exact) mass is 210 g/mol. The van der Waals surface area contributed by atoms with Gasteiger partial charge < -0.3 is 10.8 Å². The number of carboxylic acids is 1. The summed E-state index contributed by atoms with van der Waals surface area (Å²) in [6, 6.07) is 5.02. The van der Waals surface area contributed by atoms with E-state index in [-0.39, 0.29) is 5.92 Å². The SMILES string of the molecule is CC[C@H](C)[C@H](N)C(=O)O.c1ccncc1. The highest BCUT2D eigenvalue weighted by Crippen LogP contribution is 2.04. The van der Waals surface area contributed by atoms with Crippen LogP contribution in [-0.4, -0.2) is 22.1 Å². The number of nitrogens with zero attached hydrogens (tertiary/aromatic N) is 1. The van der Waals surface area contributed by atoms with E-state index in [1.807, 2.05) is 32.0 Å². The lowest BCUT2D eigenvalue weighted by Crippen LogP contribution is -2.36. The van der Waals surface area contributed by atoms with Crippen LogP contribution in [-0.2, 0) is 4.79 Å². The number of aromatic nitrogens is 1. The van der Waals surface area contributed by atoms with Crippen LogP contribution in [0.3, 0.4) is 0 Å². The van der Waals surface area contributed by atoms with E-state index < -0.39 is 12.0 Å². The van der Waals surface area contributed by atoms with Crippen molar-refractivity contribution < 1.29 is 9.90 Å². The Morgan fingerprint density at radius 2 is 1.93 bits per heavy atom. The lowest BCUT2D eigenvalue weighted by molar-refractivity contribution is -0.139. The summed E-state index contributed by atoms with van der Waals surface area (Å²) in [5, 5.41) is 8.36. The number of aliphatic carboxylic acids is 1. The van der Waals surface area contributed by atoms with Gasteiger partial charge in [0.2, 0.25) is 0 Å². The summed E-state index contributed by atoms with van der Waals surface area (Å²) in [5.74, 6) is -0.841. The standard InChI is InChI=1S/C6H13NO2.C5H5N/c1-3-4(2)5(7)6(8)9;1-2-4-6-5-3-1/h4-5H,3,7H2,1-2H3,(H,8,9);1-5H/t4-,5-;/m0./s1. The molecule has 0 saturated heterocycles. The summed E-state index contributed by atoms with van der Waals surface area (Å²) >= 11 is 0. The van der Waals surface area contributed by atoms with Gasteiger partial charge in [0.25, 0.3) is 0 Å². The van der Waals surface area contributed by atoms with Gasteiger partial charge >= 0.3 is 5.97 Å². The smallest absolute Gasteiger partial charge is 0.320 e. The van der Waals surface area contributed by atoms with Crippen LogP contribution in [0.15, 0.2) is 30.6 Å². The molecule has 1 heterocycles. The van der Waals surface area contributed by atoms with Gasteiger partial charge in [-0.05, 0) is 18.1 Å². The zero-order valence-electron chi connectivity index (χ0n) is 9.13. The number of pyridine rings is 1. The zero-order valence-corrected chi connectivity index (χ0v) is 9.13. The van der Waals surface area contributed by atoms with E-state index in [1.54, 1.807) is 12.4 Å². The fraction of sp³-hybridized carbons (Fsp3) is 0.455. The van der Waals surface area contributed by atoms with Crippen molar-refractivity contribution in [3.8, 4) is 0 Å². The fourth-order valence-corrected chi connectivity index (χ4v) is 0.810. The molecular weight excluding hydrogens is 192 g/mol.